The van der Waals surface area contributed by atoms with Gasteiger partial charge in [-0.1, -0.05) is 60.6 Å². The first-order valence-corrected chi connectivity index (χ1v) is 9.55. The molecule has 0 saturated carbocycles. The third kappa shape index (κ3) is 2.21. The van der Waals surface area contributed by atoms with Gasteiger partial charge in [-0.05, 0) is 29.5 Å². The average Bonchev–Trinajstić information content (AvgIpc) is 3.08. The van der Waals surface area contributed by atoms with Gasteiger partial charge >= 0.3 is 0 Å². The van der Waals surface area contributed by atoms with E-state index in [1.54, 1.807) is 11.8 Å². The van der Waals surface area contributed by atoms with Crippen molar-refractivity contribution in [2.45, 2.75) is 36.7 Å². The predicted molar refractivity (Wildman–Crippen MR) is 95.4 cm³/mol. The van der Waals surface area contributed by atoms with E-state index in [1.807, 2.05) is 11.8 Å². The highest BCUT2D eigenvalue weighted by Crippen LogP contribution is 2.51. The zero-order chi connectivity index (χ0) is 15.5. The summed E-state index contributed by atoms with van der Waals surface area (Å²) < 4.78 is 3.28. The lowest BCUT2D eigenvalue weighted by Gasteiger charge is -2.28. The summed E-state index contributed by atoms with van der Waals surface area (Å²) in [6.07, 6.45) is 0. The number of aromatic nitrogens is 3. The fourth-order valence-electron chi connectivity index (χ4n) is 2.56. The van der Waals surface area contributed by atoms with Crippen LogP contribution in [0.2, 0.25) is 0 Å². The van der Waals surface area contributed by atoms with Gasteiger partial charge in [-0.2, -0.15) is 0 Å². The molecular weight excluding hydrogens is 380 g/mol. The molecule has 4 rings (SSSR count). The SMILES string of the molecule is CC(C)(C)c1nnc2n1N1C(=CSC1c1ccc(Br)cc1)S2. The Hall–Kier alpha value is -0.920. The summed E-state index contributed by atoms with van der Waals surface area (Å²) in [4.78, 5) is 0. The van der Waals surface area contributed by atoms with Gasteiger partial charge in [0.05, 0.1) is 0 Å². The van der Waals surface area contributed by atoms with Crippen molar-refractivity contribution in [1.29, 1.82) is 0 Å². The first-order valence-electron chi connectivity index (χ1n) is 6.99. The van der Waals surface area contributed by atoms with E-state index in [-0.39, 0.29) is 10.8 Å². The molecule has 1 atom stereocenters. The summed E-state index contributed by atoms with van der Waals surface area (Å²) in [5.41, 5.74) is 1.24. The summed E-state index contributed by atoms with van der Waals surface area (Å²) in [5, 5.41) is 15.7. The van der Waals surface area contributed by atoms with Gasteiger partial charge in [0, 0.05) is 15.3 Å². The van der Waals surface area contributed by atoms with Crippen LogP contribution in [0.1, 0.15) is 37.5 Å². The minimum absolute atomic E-state index is 0.0429. The maximum Gasteiger partial charge on any atom is 0.216 e. The van der Waals surface area contributed by atoms with Gasteiger partial charge < -0.3 is 0 Å². The normalized spacial score (nSPS) is 20.1. The average molecular weight is 395 g/mol. The summed E-state index contributed by atoms with van der Waals surface area (Å²) >= 11 is 7.03. The fraction of sp³-hybridized carbons (Fsp3) is 0.333. The number of fused-ring (bicyclic) bond motifs is 3. The van der Waals surface area contributed by atoms with Gasteiger partial charge in [-0.25, -0.2) is 4.68 Å². The standard InChI is InChI=1S/C15H15BrN4S2/c1-15(2,3)13-17-18-14-20(13)19-11(22-14)8-21-12(19)9-4-6-10(16)7-5-9/h4-8,12H,1-3H3. The first-order chi connectivity index (χ1) is 10.4. The molecule has 7 heteroatoms. The van der Waals surface area contributed by atoms with Crippen molar-refractivity contribution in [2.24, 2.45) is 0 Å². The highest BCUT2D eigenvalue weighted by atomic mass is 79.9. The molecule has 22 heavy (non-hydrogen) atoms. The first kappa shape index (κ1) is 14.7. The molecule has 0 N–H and O–H groups in total. The van der Waals surface area contributed by atoms with E-state index in [2.05, 4.69) is 86.3 Å². The number of rotatable bonds is 1. The minimum atomic E-state index is -0.0429. The molecule has 1 aromatic heterocycles. The summed E-state index contributed by atoms with van der Waals surface area (Å²) in [6, 6.07) is 8.52. The van der Waals surface area contributed by atoms with E-state index in [9.17, 15) is 0 Å². The zero-order valence-corrected chi connectivity index (χ0v) is 15.7. The molecule has 2 aliphatic heterocycles. The van der Waals surface area contributed by atoms with Crippen molar-refractivity contribution in [3.05, 3.63) is 50.6 Å². The lowest BCUT2D eigenvalue weighted by Crippen LogP contribution is -2.34. The Bertz CT molecular complexity index is 761. The Morgan fingerprint density at radius 3 is 2.55 bits per heavy atom. The molecule has 0 saturated heterocycles. The Morgan fingerprint density at radius 1 is 1.14 bits per heavy atom. The molecule has 0 radical (unpaired) electrons. The van der Waals surface area contributed by atoms with Crippen molar-refractivity contribution < 1.29 is 0 Å². The quantitative estimate of drug-likeness (QED) is 0.704. The zero-order valence-electron chi connectivity index (χ0n) is 12.4. The molecule has 0 aliphatic carbocycles. The van der Waals surface area contributed by atoms with Crippen LogP contribution in [-0.2, 0) is 5.41 Å². The minimum Gasteiger partial charge on any atom is -0.252 e. The number of hydrogen-bond acceptors (Lipinski definition) is 5. The third-order valence-corrected chi connectivity index (χ3v) is 6.31. The number of hydrogen-bond donors (Lipinski definition) is 0. The van der Waals surface area contributed by atoms with E-state index in [0.717, 1.165) is 15.5 Å². The second kappa shape index (κ2) is 5.04. The Kier molecular flexibility index (Phi) is 3.36. The van der Waals surface area contributed by atoms with Crippen molar-refractivity contribution in [3.8, 4) is 0 Å². The molecule has 1 unspecified atom stereocenters. The van der Waals surface area contributed by atoms with Gasteiger partial charge in [0.2, 0.25) is 5.16 Å². The van der Waals surface area contributed by atoms with Crippen LogP contribution in [0, 0.1) is 0 Å². The van der Waals surface area contributed by atoms with Gasteiger partial charge in [-0.3, -0.25) is 5.01 Å². The molecule has 3 heterocycles. The Labute approximate surface area is 146 Å². The molecule has 2 aliphatic rings. The van der Waals surface area contributed by atoms with Crippen LogP contribution in [0.5, 0.6) is 0 Å². The van der Waals surface area contributed by atoms with Crippen molar-refractivity contribution in [2.75, 3.05) is 5.01 Å². The van der Waals surface area contributed by atoms with Gasteiger partial charge in [0.25, 0.3) is 0 Å². The summed E-state index contributed by atoms with van der Waals surface area (Å²) in [7, 11) is 0. The summed E-state index contributed by atoms with van der Waals surface area (Å²) in [5.74, 6) is 1.00. The lowest BCUT2D eigenvalue weighted by atomic mass is 9.96. The second-order valence-corrected chi connectivity index (χ2v) is 9.17. The van der Waals surface area contributed by atoms with E-state index < -0.39 is 0 Å². The highest BCUT2D eigenvalue weighted by Gasteiger charge is 2.41. The highest BCUT2D eigenvalue weighted by molar-refractivity contribution is 9.10. The molecule has 0 fully saturated rings. The molecule has 0 spiro atoms. The van der Waals surface area contributed by atoms with E-state index in [1.165, 1.54) is 10.6 Å². The Balaban J connectivity index is 1.79. The van der Waals surface area contributed by atoms with Gasteiger partial charge in [0.15, 0.2) is 5.82 Å². The second-order valence-electron chi connectivity index (χ2n) is 6.31. The van der Waals surface area contributed by atoms with E-state index >= 15 is 0 Å². The van der Waals surface area contributed by atoms with Crippen molar-refractivity contribution in [1.82, 2.24) is 14.9 Å². The van der Waals surface area contributed by atoms with Gasteiger partial charge in [-0.15, -0.1) is 10.2 Å². The molecule has 1 aromatic carbocycles. The number of halogens is 1. The van der Waals surface area contributed by atoms with Crippen molar-refractivity contribution >= 4 is 39.5 Å². The largest absolute Gasteiger partial charge is 0.252 e. The molecule has 0 bridgehead atoms. The molecular formula is C15H15BrN4S2. The number of benzene rings is 1. The molecule has 0 amide bonds. The topological polar surface area (TPSA) is 34.0 Å². The van der Waals surface area contributed by atoms with Crippen LogP contribution >= 0.6 is 39.5 Å². The van der Waals surface area contributed by atoms with Gasteiger partial charge in [0.1, 0.15) is 10.4 Å². The molecule has 4 nitrogen and oxygen atoms in total. The van der Waals surface area contributed by atoms with Crippen LogP contribution in [-0.4, -0.2) is 14.9 Å². The third-order valence-electron chi connectivity index (χ3n) is 3.60. The monoisotopic (exact) mass is 394 g/mol. The van der Waals surface area contributed by atoms with Crippen LogP contribution in [0.25, 0.3) is 0 Å². The van der Waals surface area contributed by atoms with E-state index in [4.69, 9.17) is 0 Å². The maximum atomic E-state index is 4.42. The number of nitrogens with zero attached hydrogens (tertiary/aromatic N) is 4. The lowest BCUT2D eigenvalue weighted by molar-refractivity contribution is 0.485. The Morgan fingerprint density at radius 2 is 1.86 bits per heavy atom. The predicted octanol–water partition coefficient (Wildman–Crippen LogP) is 4.63. The van der Waals surface area contributed by atoms with Crippen molar-refractivity contribution in [3.63, 3.8) is 0 Å². The maximum absolute atomic E-state index is 4.42. The van der Waals surface area contributed by atoms with Crippen LogP contribution in [0.4, 0.5) is 0 Å². The number of thioether (sulfide) groups is 2. The van der Waals surface area contributed by atoms with Crippen LogP contribution < -0.4 is 5.01 Å². The summed E-state index contributed by atoms with van der Waals surface area (Å²) in [6.45, 7) is 6.53. The van der Waals surface area contributed by atoms with Crippen LogP contribution in [0.3, 0.4) is 0 Å². The smallest absolute Gasteiger partial charge is 0.216 e. The molecule has 114 valence electrons. The van der Waals surface area contributed by atoms with Crippen LogP contribution in [0.15, 0.2) is 44.3 Å². The molecule has 2 aromatic rings. The van der Waals surface area contributed by atoms with E-state index in [0.29, 0.717) is 0 Å². The fourth-order valence-corrected chi connectivity index (χ4v) is 5.05.